The summed E-state index contributed by atoms with van der Waals surface area (Å²) in [6.07, 6.45) is 1.71. The molecule has 0 unspecified atom stereocenters. The van der Waals surface area contributed by atoms with Gasteiger partial charge in [-0.25, -0.2) is 4.99 Å². The van der Waals surface area contributed by atoms with Crippen molar-refractivity contribution in [2.24, 2.45) is 0 Å². The first-order valence-corrected chi connectivity index (χ1v) is 5.96. The summed E-state index contributed by atoms with van der Waals surface area (Å²) < 4.78 is 5.50. The first-order valence-electron chi connectivity index (χ1n) is 5.96. The SMILES string of the molecule is Cc1ccc2occc(=[NH+]c3ccccc3)c2c1. The predicted octanol–water partition coefficient (Wildman–Crippen LogP) is 2.05. The first kappa shape index (κ1) is 10.8. The van der Waals surface area contributed by atoms with E-state index in [9.17, 15) is 0 Å². The van der Waals surface area contributed by atoms with Crippen LogP contribution in [0.4, 0.5) is 5.69 Å². The molecule has 2 heteroatoms. The normalized spacial score (nSPS) is 11.9. The van der Waals surface area contributed by atoms with Crippen molar-refractivity contribution < 1.29 is 9.41 Å². The van der Waals surface area contributed by atoms with Gasteiger partial charge in [0.1, 0.15) is 5.58 Å². The van der Waals surface area contributed by atoms with Gasteiger partial charge in [-0.3, -0.25) is 0 Å². The third kappa shape index (κ3) is 2.05. The topological polar surface area (TPSA) is 27.1 Å². The standard InChI is InChI=1S/C16H13NO/c1-12-7-8-16-14(11-12)15(9-10-18-16)17-13-5-3-2-4-6-13/h2-11H,1H3/p+1. The van der Waals surface area contributed by atoms with E-state index in [0.717, 1.165) is 22.0 Å². The van der Waals surface area contributed by atoms with E-state index in [4.69, 9.17) is 4.42 Å². The Morgan fingerprint density at radius 3 is 2.61 bits per heavy atom. The highest BCUT2D eigenvalue weighted by atomic mass is 16.3. The van der Waals surface area contributed by atoms with Crippen molar-refractivity contribution >= 4 is 16.7 Å². The Bertz CT molecular complexity index is 742. The van der Waals surface area contributed by atoms with Gasteiger partial charge in [0, 0.05) is 18.2 Å². The summed E-state index contributed by atoms with van der Waals surface area (Å²) in [6.45, 7) is 2.08. The molecule has 2 nitrogen and oxygen atoms in total. The molecule has 3 aromatic rings. The molecule has 0 radical (unpaired) electrons. The zero-order chi connectivity index (χ0) is 12.4. The number of aryl methyl sites for hydroxylation is 1. The third-order valence-electron chi connectivity index (χ3n) is 2.91. The molecule has 0 aliphatic rings. The van der Waals surface area contributed by atoms with Crippen LogP contribution in [0.2, 0.25) is 0 Å². The summed E-state index contributed by atoms with van der Waals surface area (Å²) in [6, 6.07) is 18.3. The van der Waals surface area contributed by atoms with Gasteiger partial charge in [-0.15, -0.1) is 0 Å². The molecule has 0 fully saturated rings. The van der Waals surface area contributed by atoms with Crippen LogP contribution in [0.25, 0.3) is 11.0 Å². The van der Waals surface area contributed by atoms with Crippen LogP contribution in [0.5, 0.6) is 0 Å². The van der Waals surface area contributed by atoms with E-state index in [1.165, 1.54) is 5.56 Å². The maximum atomic E-state index is 5.50. The van der Waals surface area contributed by atoms with Crippen molar-refractivity contribution in [3.05, 3.63) is 71.8 Å². The molecule has 0 spiro atoms. The highest BCUT2D eigenvalue weighted by molar-refractivity contribution is 5.76. The highest BCUT2D eigenvalue weighted by Crippen LogP contribution is 2.10. The summed E-state index contributed by atoms with van der Waals surface area (Å²) in [4.78, 5) is 3.41. The maximum Gasteiger partial charge on any atom is 0.218 e. The van der Waals surface area contributed by atoms with Gasteiger partial charge < -0.3 is 4.42 Å². The van der Waals surface area contributed by atoms with Crippen LogP contribution in [0.1, 0.15) is 5.56 Å². The van der Waals surface area contributed by atoms with Crippen molar-refractivity contribution in [1.82, 2.24) is 0 Å². The molecule has 3 rings (SSSR count). The number of nitrogens with one attached hydrogen (secondary N) is 1. The minimum atomic E-state index is 0.890. The van der Waals surface area contributed by atoms with Gasteiger partial charge >= 0.3 is 0 Å². The van der Waals surface area contributed by atoms with E-state index < -0.39 is 0 Å². The lowest BCUT2D eigenvalue weighted by atomic mass is 10.1. The van der Waals surface area contributed by atoms with E-state index >= 15 is 0 Å². The number of para-hydroxylation sites is 1. The van der Waals surface area contributed by atoms with Gasteiger partial charge in [0.05, 0.1) is 11.6 Å². The van der Waals surface area contributed by atoms with Crippen molar-refractivity contribution in [3.8, 4) is 0 Å². The molecule has 0 atom stereocenters. The Morgan fingerprint density at radius 2 is 1.78 bits per heavy atom. The molecule has 18 heavy (non-hydrogen) atoms. The lowest BCUT2D eigenvalue weighted by molar-refractivity contribution is -0.401. The van der Waals surface area contributed by atoms with Gasteiger partial charge in [-0.05, 0) is 19.1 Å². The summed E-state index contributed by atoms with van der Waals surface area (Å²) in [7, 11) is 0. The average Bonchev–Trinajstić information content (AvgIpc) is 2.41. The molecule has 0 saturated heterocycles. The van der Waals surface area contributed by atoms with Crippen molar-refractivity contribution in [1.29, 1.82) is 0 Å². The number of rotatable bonds is 1. The molecule has 2 aromatic carbocycles. The van der Waals surface area contributed by atoms with Gasteiger partial charge in [0.25, 0.3) is 0 Å². The molecule has 88 valence electrons. The lowest BCUT2D eigenvalue weighted by Crippen LogP contribution is -2.70. The first-order chi connectivity index (χ1) is 8.83. The summed E-state index contributed by atoms with van der Waals surface area (Å²) in [5, 5.41) is 2.16. The van der Waals surface area contributed by atoms with Crippen LogP contribution in [-0.4, -0.2) is 0 Å². The molecule has 1 heterocycles. The number of fused-ring (bicyclic) bond motifs is 1. The van der Waals surface area contributed by atoms with Crippen LogP contribution >= 0.6 is 0 Å². The van der Waals surface area contributed by atoms with E-state index in [1.807, 2.05) is 42.5 Å². The number of hydrogen-bond donors (Lipinski definition) is 1. The zero-order valence-corrected chi connectivity index (χ0v) is 10.2. The molecule has 1 N–H and O–H groups in total. The Balaban J connectivity index is 2.29. The van der Waals surface area contributed by atoms with E-state index in [-0.39, 0.29) is 0 Å². The van der Waals surface area contributed by atoms with Crippen molar-refractivity contribution in [3.63, 3.8) is 0 Å². The smallest absolute Gasteiger partial charge is 0.218 e. The quantitative estimate of drug-likeness (QED) is 0.688. The molecule has 0 bridgehead atoms. The minimum Gasteiger partial charge on any atom is -0.464 e. The van der Waals surface area contributed by atoms with Gasteiger partial charge in [-0.2, -0.15) is 0 Å². The summed E-state index contributed by atoms with van der Waals surface area (Å²) in [5.74, 6) is 0. The van der Waals surface area contributed by atoms with Crippen LogP contribution in [0, 0.1) is 6.92 Å². The second-order valence-corrected chi connectivity index (χ2v) is 4.32. The third-order valence-corrected chi connectivity index (χ3v) is 2.91. The molecule has 1 aromatic heterocycles. The summed E-state index contributed by atoms with van der Waals surface area (Å²) >= 11 is 0. The van der Waals surface area contributed by atoms with E-state index in [1.54, 1.807) is 6.26 Å². The zero-order valence-electron chi connectivity index (χ0n) is 10.2. The fourth-order valence-corrected chi connectivity index (χ4v) is 2.01. The average molecular weight is 236 g/mol. The van der Waals surface area contributed by atoms with E-state index in [0.29, 0.717) is 0 Å². The maximum absolute atomic E-state index is 5.50. The lowest BCUT2D eigenvalue weighted by Gasteiger charge is -1.96. The summed E-state index contributed by atoms with van der Waals surface area (Å²) in [5.41, 5.74) is 3.19. The second kappa shape index (κ2) is 4.49. The van der Waals surface area contributed by atoms with Crippen LogP contribution in [0.15, 0.2) is 65.3 Å². The monoisotopic (exact) mass is 236 g/mol. The molecule has 0 amide bonds. The fourth-order valence-electron chi connectivity index (χ4n) is 2.01. The molecule has 0 saturated carbocycles. The van der Waals surface area contributed by atoms with Crippen LogP contribution in [0.3, 0.4) is 0 Å². The molecule has 0 aliphatic carbocycles. The largest absolute Gasteiger partial charge is 0.464 e. The number of hydrogen-bond acceptors (Lipinski definition) is 1. The minimum absolute atomic E-state index is 0.890. The number of benzene rings is 2. The molecular formula is C16H14NO+. The van der Waals surface area contributed by atoms with Gasteiger partial charge in [0.2, 0.25) is 11.0 Å². The van der Waals surface area contributed by atoms with Gasteiger partial charge in [-0.1, -0.05) is 29.8 Å². The van der Waals surface area contributed by atoms with Gasteiger partial charge in [0.15, 0.2) is 0 Å². The Hall–Kier alpha value is -2.35. The Morgan fingerprint density at radius 1 is 0.944 bits per heavy atom. The van der Waals surface area contributed by atoms with Crippen molar-refractivity contribution in [2.45, 2.75) is 6.92 Å². The second-order valence-electron chi connectivity index (χ2n) is 4.32. The highest BCUT2D eigenvalue weighted by Gasteiger charge is 2.03. The predicted molar refractivity (Wildman–Crippen MR) is 71.2 cm³/mol. The Labute approximate surface area is 105 Å². The fraction of sp³-hybridized carbons (Fsp3) is 0.0625. The van der Waals surface area contributed by atoms with Crippen LogP contribution < -0.4 is 10.3 Å². The molecule has 0 aliphatic heterocycles. The Kier molecular flexibility index (Phi) is 2.69. The van der Waals surface area contributed by atoms with Crippen molar-refractivity contribution in [2.75, 3.05) is 0 Å². The van der Waals surface area contributed by atoms with E-state index in [2.05, 4.69) is 24.0 Å². The van der Waals surface area contributed by atoms with Crippen LogP contribution in [-0.2, 0) is 0 Å². The molecular weight excluding hydrogens is 222 g/mol.